The number of hydrogen-bond donors (Lipinski definition) is 1. The lowest BCUT2D eigenvalue weighted by molar-refractivity contribution is -0.0512. The van der Waals surface area contributed by atoms with E-state index < -0.39 is 0 Å². The molecule has 1 heterocycles. The summed E-state index contributed by atoms with van der Waals surface area (Å²) in [5, 5.41) is 4.22. The molecule has 1 aromatic heterocycles. The summed E-state index contributed by atoms with van der Waals surface area (Å²) in [5.41, 5.74) is 5.75. The number of ether oxygens (including phenoxy) is 1. The van der Waals surface area contributed by atoms with Crippen molar-refractivity contribution in [3.63, 3.8) is 0 Å². The second-order valence-corrected chi connectivity index (χ2v) is 5.74. The van der Waals surface area contributed by atoms with Gasteiger partial charge in [-0.25, -0.2) is 9.67 Å². The minimum atomic E-state index is -0.146. The van der Waals surface area contributed by atoms with Crippen LogP contribution in [0, 0.1) is 5.92 Å². The van der Waals surface area contributed by atoms with Gasteiger partial charge in [-0.05, 0) is 39.0 Å². The normalized spacial score (nSPS) is 28.2. The first kappa shape index (κ1) is 13.5. The van der Waals surface area contributed by atoms with Gasteiger partial charge in [-0.3, -0.25) is 0 Å². The van der Waals surface area contributed by atoms with Gasteiger partial charge in [-0.2, -0.15) is 5.10 Å². The van der Waals surface area contributed by atoms with Crippen LogP contribution in [-0.4, -0.2) is 26.9 Å². The van der Waals surface area contributed by atoms with Gasteiger partial charge in [-0.15, -0.1) is 0 Å². The number of hydrogen-bond acceptors (Lipinski definition) is 4. The fourth-order valence-corrected chi connectivity index (χ4v) is 2.75. The molecule has 2 unspecified atom stereocenters. The van der Waals surface area contributed by atoms with E-state index in [-0.39, 0.29) is 5.60 Å². The Hall–Kier alpha value is -0.940. The van der Waals surface area contributed by atoms with Crippen molar-refractivity contribution in [2.45, 2.75) is 58.3 Å². The average molecular weight is 252 g/mol. The van der Waals surface area contributed by atoms with Crippen LogP contribution in [0.1, 0.15) is 51.9 Å². The summed E-state index contributed by atoms with van der Waals surface area (Å²) in [5.74, 6) is 1.59. The molecule has 2 atom stereocenters. The van der Waals surface area contributed by atoms with E-state index in [2.05, 4.69) is 30.9 Å². The summed E-state index contributed by atoms with van der Waals surface area (Å²) in [6.45, 7) is 7.54. The quantitative estimate of drug-likeness (QED) is 0.869. The number of nitrogens with zero attached hydrogens (tertiary/aromatic N) is 3. The molecule has 0 amide bonds. The Morgan fingerprint density at radius 1 is 1.61 bits per heavy atom. The highest BCUT2D eigenvalue weighted by Crippen LogP contribution is 2.37. The highest BCUT2D eigenvalue weighted by molar-refractivity contribution is 4.92. The van der Waals surface area contributed by atoms with Gasteiger partial charge in [0.2, 0.25) is 0 Å². The molecule has 1 saturated carbocycles. The molecule has 1 fully saturated rings. The average Bonchev–Trinajstić information content (AvgIpc) is 2.93. The van der Waals surface area contributed by atoms with Crippen LogP contribution in [0.25, 0.3) is 0 Å². The van der Waals surface area contributed by atoms with E-state index in [1.54, 1.807) is 6.33 Å². The Kier molecular flexibility index (Phi) is 4.02. The minimum Gasteiger partial charge on any atom is -0.366 e. The fraction of sp³-hybridized carbons (Fsp3) is 0.846. The summed E-state index contributed by atoms with van der Waals surface area (Å²) in [6.07, 6.45) is 4.90. The van der Waals surface area contributed by atoms with Gasteiger partial charge in [0.1, 0.15) is 12.9 Å². The van der Waals surface area contributed by atoms with Crippen molar-refractivity contribution in [2.75, 3.05) is 6.54 Å². The molecule has 0 spiro atoms. The fourth-order valence-electron chi connectivity index (χ4n) is 2.75. The maximum Gasteiger partial charge on any atom is 0.153 e. The molecule has 0 bridgehead atoms. The second kappa shape index (κ2) is 5.36. The largest absolute Gasteiger partial charge is 0.366 e. The van der Waals surface area contributed by atoms with E-state index in [0.29, 0.717) is 25.1 Å². The van der Waals surface area contributed by atoms with Gasteiger partial charge >= 0.3 is 0 Å². The van der Waals surface area contributed by atoms with Crippen LogP contribution >= 0.6 is 0 Å². The predicted octanol–water partition coefficient (Wildman–Crippen LogP) is 1.89. The van der Waals surface area contributed by atoms with Gasteiger partial charge < -0.3 is 10.5 Å². The Bertz CT molecular complexity index is 390. The molecule has 1 aliphatic rings. The van der Waals surface area contributed by atoms with Gasteiger partial charge in [0, 0.05) is 12.6 Å². The number of nitrogens with two attached hydrogens (primary N) is 1. The molecule has 0 aromatic carbocycles. The lowest BCUT2D eigenvalue weighted by atomic mass is 10.0. The van der Waals surface area contributed by atoms with E-state index in [1.165, 1.54) is 6.42 Å². The van der Waals surface area contributed by atoms with Crippen molar-refractivity contribution in [2.24, 2.45) is 11.7 Å². The van der Waals surface area contributed by atoms with Gasteiger partial charge in [0.25, 0.3) is 0 Å². The van der Waals surface area contributed by atoms with Crippen LogP contribution in [0.2, 0.25) is 0 Å². The molecule has 1 aliphatic carbocycles. The molecule has 1 aromatic rings. The number of aromatic nitrogens is 3. The van der Waals surface area contributed by atoms with Crippen molar-refractivity contribution in [1.82, 2.24) is 14.8 Å². The zero-order valence-electron chi connectivity index (χ0n) is 11.6. The summed E-state index contributed by atoms with van der Waals surface area (Å²) in [4.78, 5) is 4.27. The van der Waals surface area contributed by atoms with Crippen LogP contribution in [0.5, 0.6) is 0 Å². The van der Waals surface area contributed by atoms with Gasteiger partial charge in [0.05, 0.1) is 5.60 Å². The summed E-state index contributed by atoms with van der Waals surface area (Å²) < 4.78 is 8.00. The first-order valence-corrected chi connectivity index (χ1v) is 6.79. The van der Waals surface area contributed by atoms with Crippen LogP contribution in [0.15, 0.2) is 6.33 Å². The van der Waals surface area contributed by atoms with E-state index in [0.717, 1.165) is 18.7 Å². The maximum absolute atomic E-state index is 6.10. The third-order valence-electron chi connectivity index (χ3n) is 3.83. The van der Waals surface area contributed by atoms with Gasteiger partial charge in [0.15, 0.2) is 5.82 Å². The Balaban J connectivity index is 2.00. The highest BCUT2D eigenvalue weighted by Gasteiger charge is 2.37. The molecular formula is C13H24N4O. The van der Waals surface area contributed by atoms with E-state index >= 15 is 0 Å². The zero-order chi connectivity index (χ0) is 13.2. The molecule has 5 heteroatoms. The number of rotatable bonds is 5. The van der Waals surface area contributed by atoms with Crippen LogP contribution in [0.4, 0.5) is 0 Å². The Morgan fingerprint density at radius 3 is 2.94 bits per heavy atom. The molecule has 18 heavy (non-hydrogen) atoms. The van der Waals surface area contributed by atoms with Gasteiger partial charge in [-0.1, -0.05) is 6.92 Å². The molecule has 102 valence electrons. The molecule has 5 nitrogen and oxygen atoms in total. The van der Waals surface area contributed by atoms with Crippen molar-refractivity contribution in [3.8, 4) is 0 Å². The van der Waals surface area contributed by atoms with E-state index in [9.17, 15) is 0 Å². The third-order valence-corrected chi connectivity index (χ3v) is 3.83. The predicted molar refractivity (Wildman–Crippen MR) is 70.0 cm³/mol. The molecule has 2 rings (SSSR count). The standard InChI is InChI=1S/C13H24N4O/c1-10(2)17-12(15-9-16-17)7-18-13(8-14)5-4-11(3)6-13/h9-11H,4-8,14H2,1-3H3. The maximum atomic E-state index is 6.10. The summed E-state index contributed by atoms with van der Waals surface area (Å²) in [6, 6.07) is 0.308. The lowest BCUT2D eigenvalue weighted by Gasteiger charge is -2.28. The minimum absolute atomic E-state index is 0.146. The van der Waals surface area contributed by atoms with E-state index in [1.807, 2.05) is 4.68 Å². The summed E-state index contributed by atoms with van der Waals surface area (Å²) in [7, 11) is 0. The zero-order valence-corrected chi connectivity index (χ0v) is 11.6. The van der Waals surface area contributed by atoms with E-state index in [4.69, 9.17) is 10.5 Å². The molecule has 0 aliphatic heterocycles. The monoisotopic (exact) mass is 252 g/mol. The first-order chi connectivity index (χ1) is 8.56. The molecule has 2 N–H and O–H groups in total. The van der Waals surface area contributed by atoms with Crippen LogP contribution in [-0.2, 0) is 11.3 Å². The third kappa shape index (κ3) is 2.72. The Labute approximate surface area is 109 Å². The molecule has 0 radical (unpaired) electrons. The SMILES string of the molecule is CC1CCC(CN)(OCc2ncnn2C(C)C)C1. The molecule has 0 saturated heterocycles. The van der Waals surface area contributed by atoms with Crippen molar-refractivity contribution in [3.05, 3.63) is 12.2 Å². The first-order valence-electron chi connectivity index (χ1n) is 6.79. The molecular weight excluding hydrogens is 228 g/mol. The smallest absolute Gasteiger partial charge is 0.153 e. The van der Waals surface area contributed by atoms with Crippen molar-refractivity contribution >= 4 is 0 Å². The van der Waals surface area contributed by atoms with Crippen molar-refractivity contribution in [1.29, 1.82) is 0 Å². The lowest BCUT2D eigenvalue weighted by Crippen LogP contribution is -2.38. The van der Waals surface area contributed by atoms with Crippen LogP contribution in [0.3, 0.4) is 0 Å². The Morgan fingerprint density at radius 2 is 2.39 bits per heavy atom. The topological polar surface area (TPSA) is 66.0 Å². The summed E-state index contributed by atoms with van der Waals surface area (Å²) >= 11 is 0. The van der Waals surface area contributed by atoms with Crippen molar-refractivity contribution < 1.29 is 4.74 Å². The second-order valence-electron chi connectivity index (χ2n) is 5.74. The highest BCUT2D eigenvalue weighted by atomic mass is 16.5. The van der Waals surface area contributed by atoms with Crippen LogP contribution < -0.4 is 5.73 Å².